The first-order valence-electron chi connectivity index (χ1n) is 11.7. The molecule has 5 rings (SSSR count). The van der Waals surface area contributed by atoms with Crippen LogP contribution in [0, 0.1) is 5.41 Å². The van der Waals surface area contributed by atoms with E-state index in [9.17, 15) is 18.3 Å². The molecule has 1 N–H and O–H groups in total. The number of halogens is 3. The molecule has 0 fully saturated rings. The van der Waals surface area contributed by atoms with Crippen LogP contribution in [0.15, 0.2) is 36.4 Å². The Labute approximate surface area is 200 Å². The summed E-state index contributed by atoms with van der Waals surface area (Å²) >= 11 is 0. The molecule has 3 atom stereocenters. The lowest BCUT2D eigenvalue weighted by atomic mass is 9.70. The van der Waals surface area contributed by atoms with Gasteiger partial charge in [0.2, 0.25) is 0 Å². The Bertz CT molecular complexity index is 1120. The molecule has 2 aliphatic carbocycles. The molecule has 1 aromatic heterocycles. The topological polar surface area (TPSA) is 42.4 Å². The fourth-order valence-electron chi connectivity index (χ4n) is 5.86. The fourth-order valence-corrected chi connectivity index (χ4v) is 5.86. The first-order chi connectivity index (χ1) is 15.4. The predicted molar refractivity (Wildman–Crippen MR) is 127 cm³/mol. The molecule has 1 aliphatic heterocycles. The van der Waals surface area contributed by atoms with Gasteiger partial charge in [0.05, 0.1) is 11.7 Å². The summed E-state index contributed by atoms with van der Waals surface area (Å²) in [5, 5.41) is 11.3. The third-order valence-corrected chi connectivity index (χ3v) is 7.28. The molecule has 2 aromatic rings. The quantitative estimate of drug-likeness (QED) is 0.459. The molecule has 1 aromatic carbocycles. The molecule has 184 valence electrons. The van der Waals surface area contributed by atoms with E-state index in [2.05, 4.69) is 39.8 Å². The van der Waals surface area contributed by atoms with E-state index in [4.69, 9.17) is 9.72 Å². The largest absolute Gasteiger partial charge is 0.416 e. The van der Waals surface area contributed by atoms with Gasteiger partial charge < -0.3 is 9.84 Å². The van der Waals surface area contributed by atoms with Gasteiger partial charge in [-0.15, -0.1) is 0 Å². The highest BCUT2D eigenvalue weighted by Gasteiger charge is 2.51. The summed E-state index contributed by atoms with van der Waals surface area (Å²) in [6, 6.07) is 5.26. The van der Waals surface area contributed by atoms with Crippen molar-refractivity contribution in [2.45, 2.75) is 90.7 Å². The molecule has 2 heterocycles. The number of alkyl halides is 3. The van der Waals surface area contributed by atoms with Crippen LogP contribution < -0.4 is 0 Å². The molecule has 0 bridgehead atoms. The minimum atomic E-state index is -4.39. The Morgan fingerprint density at radius 2 is 1.79 bits per heavy atom. The van der Waals surface area contributed by atoms with Crippen molar-refractivity contribution in [2.75, 3.05) is 0 Å². The summed E-state index contributed by atoms with van der Waals surface area (Å²) in [4.78, 5) is 5.07. The summed E-state index contributed by atoms with van der Waals surface area (Å²) in [7, 11) is 0. The third-order valence-electron chi connectivity index (χ3n) is 7.28. The predicted octanol–water partition coefficient (Wildman–Crippen LogP) is 7.53. The van der Waals surface area contributed by atoms with Crippen LogP contribution in [0.2, 0.25) is 0 Å². The van der Waals surface area contributed by atoms with Gasteiger partial charge in [-0.3, -0.25) is 4.98 Å². The molecular weight excluding hydrogens is 439 g/mol. The minimum absolute atomic E-state index is 0. The SMILES string of the molecule is C.CC(C)c1nc2c(c3c1[C@H](c1ccc(C(F)(F)F)cc1)O[C@]31C=CCC1)[C@@H](O)CC(C)(C)C2. The lowest BCUT2D eigenvalue weighted by Gasteiger charge is -2.37. The summed E-state index contributed by atoms with van der Waals surface area (Å²) in [5.74, 6) is 0.104. The lowest BCUT2D eigenvalue weighted by Crippen LogP contribution is -2.31. The second-order valence-electron chi connectivity index (χ2n) is 10.8. The Kier molecular flexibility index (Phi) is 6.01. The standard InChI is InChI=1S/C27H30F3NO2.CH4/c1-15(2)23-21-22(20-18(31-23)13-25(3,4)14-19(20)32)26(11-5-6-12-26)33-24(21)16-7-9-17(10-8-16)27(28,29)30;/h5,7-11,15,19,24,32H,6,12-14H2,1-4H3;1H4/t19-,24-,26-;/m0./s1. The van der Waals surface area contributed by atoms with Crippen LogP contribution in [0.3, 0.4) is 0 Å². The second kappa shape index (κ2) is 8.20. The van der Waals surface area contributed by atoms with Gasteiger partial charge in [0.15, 0.2) is 0 Å². The molecule has 0 saturated heterocycles. The average Bonchev–Trinajstić information content (AvgIpc) is 3.31. The first kappa shape index (κ1) is 24.9. The number of ether oxygens (including phenoxy) is 1. The summed E-state index contributed by atoms with van der Waals surface area (Å²) in [6.45, 7) is 8.46. The minimum Gasteiger partial charge on any atom is -0.388 e. The summed E-state index contributed by atoms with van der Waals surface area (Å²) in [6.07, 6.45) is 1.64. The molecule has 0 unspecified atom stereocenters. The Balaban J connectivity index is 0.00000274. The van der Waals surface area contributed by atoms with Crippen molar-refractivity contribution in [2.24, 2.45) is 5.41 Å². The van der Waals surface area contributed by atoms with Gasteiger partial charge in [-0.1, -0.05) is 59.4 Å². The number of allylic oxidation sites excluding steroid dienone is 1. The van der Waals surface area contributed by atoms with Crippen molar-refractivity contribution in [1.82, 2.24) is 4.98 Å². The van der Waals surface area contributed by atoms with Gasteiger partial charge in [-0.2, -0.15) is 13.2 Å². The number of aliphatic hydroxyl groups is 1. The molecule has 6 heteroatoms. The van der Waals surface area contributed by atoms with Crippen molar-refractivity contribution in [3.05, 3.63) is 75.6 Å². The number of fused-ring (bicyclic) bond motifs is 4. The van der Waals surface area contributed by atoms with Crippen LogP contribution in [-0.2, 0) is 22.9 Å². The van der Waals surface area contributed by atoms with Crippen LogP contribution in [0.25, 0.3) is 0 Å². The Morgan fingerprint density at radius 1 is 1.12 bits per heavy atom. The van der Waals surface area contributed by atoms with Crippen LogP contribution in [0.4, 0.5) is 13.2 Å². The zero-order valence-electron chi connectivity index (χ0n) is 19.5. The maximum atomic E-state index is 13.2. The maximum Gasteiger partial charge on any atom is 0.416 e. The zero-order valence-corrected chi connectivity index (χ0v) is 19.5. The number of aliphatic hydroxyl groups excluding tert-OH is 1. The number of hydrogen-bond acceptors (Lipinski definition) is 3. The van der Waals surface area contributed by atoms with Crippen molar-refractivity contribution >= 4 is 0 Å². The Hall–Kier alpha value is -2.18. The van der Waals surface area contributed by atoms with E-state index in [0.717, 1.165) is 59.5 Å². The van der Waals surface area contributed by atoms with E-state index in [1.165, 1.54) is 12.1 Å². The van der Waals surface area contributed by atoms with Crippen LogP contribution in [0.5, 0.6) is 0 Å². The van der Waals surface area contributed by atoms with Gasteiger partial charge in [0.25, 0.3) is 0 Å². The van der Waals surface area contributed by atoms with Crippen LogP contribution in [0.1, 0.15) is 112 Å². The molecule has 1 spiro atoms. The van der Waals surface area contributed by atoms with Crippen molar-refractivity contribution in [3.8, 4) is 0 Å². The lowest BCUT2D eigenvalue weighted by molar-refractivity contribution is -0.137. The van der Waals surface area contributed by atoms with E-state index in [1.54, 1.807) is 0 Å². The number of aromatic nitrogens is 1. The van der Waals surface area contributed by atoms with E-state index in [-0.39, 0.29) is 18.8 Å². The average molecular weight is 474 g/mol. The molecule has 34 heavy (non-hydrogen) atoms. The Morgan fingerprint density at radius 3 is 2.35 bits per heavy atom. The number of pyridine rings is 1. The number of nitrogens with zero attached hydrogens (tertiary/aromatic N) is 1. The monoisotopic (exact) mass is 473 g/mol. The fraction of sp³-hybridized carbons (Fsp3) is 0.536. The third kappa shape index (κ3) is 3.89. The molecule has 0 saturated carbocycles. The van der Waals surface area contributed by atoms with Crippen molar-refractivity contribution in [3.63, 3.8) is 0 Å². The molecule has 0 radical (unpaired) electrons. The molecule has 3 aliphatic rings. The van der Waals surface area contributed by atoms with E-state index in [1.807, 2.05) is 0 Å². The zero-order chi connectivity index (χ0) is 23.8. The highest BCUT2D eigenvalue weighted by molar-refractivity contribution is 5.56. The molecular formula is C28H34F3NO2. The van der Waals surface area contributed by atoms with E-state index >= 15 is 0 Å². The van der Waals surface area contributed by atoms with Gasteiger partial charge in [0.1, 0.15) is 11.7 Å². The second-order valence-corrected chi connectivity index (χ2v) is 10.8. The van der Waals surface area contributed by atoms with Gasteiger partial charge in [0, 0.05) is 28.1 Å². The highest BCUT2D eigenvalue weighted by atomic mass is 19.4. The van der Waals surface area contributed by atoms with E-state index in [0.29, 0.717) is 12.0 Å². The van der Waals surface area contributed by atoms with Crippen LogP contribution in [-0.4, -0.2) is 10.1 Å². The number of rotatable bonds is 2. The van der Waals surface area contributed by atoms with Crippen LogP contribution >= 0.6 is 0 Å². The number of hydrogen-bond donors (Lipinski definition) is 1. The highest BCUT2D eigenvalue weighted by Crippen LogP contribution is 2.57. The number of benzene rings is 1. The normalized spacial score (nSPS) is 27.1. The summed E-state index contributed by atoms with van der Waals surface area (Å²) < 4.78 is 46.2. The maximum absolute atomic E-state index is 13.2. The first-order valence-corrected chi connectivity index (χ1v) is 11.7. The van der Waals surface area contributed by atoms with Crippen molar-refractivity contribution in [1.29, 1.82) is 0 Å². The molecule has 3 nitrogen and oxygen atoms in total. The van der Waals surface area contributed by atoms with Gasteiger partial charge >= 0.3 is 6.18 Å². The van der Waals surface area contributed by atoms with Crippen molar-refractivity contribution < 1.29 is 23.0 Å². The summed E-state index contributed by atoms with van der Waals surface area (Å²) in [5.41, 5.74) is 3.89. The van der Waals surface area contributed by atoms with E-state index < -0.39 is 29.5 Å². The molecule has 0 amide bonds. The van der Waals surface area contributed by atoms with Gasteiger partial charge in [-0.25, -0.2) is 0 Å². The smallest absolute Gasteiger partial charge is 0.388 e. The van der Waals surface area contributed by atoms with Gasteiger partial charge in [-0.05, 0) is 54.7 Å².